The summed E-state index contributed by atoms with van der Waals surface area (Å²) in [5, 5.41) is 9.47. The Morgan fingerprint density at radius 3 is 1.92 bits per heavy atom. The molecule has 0 spiro atoms. The number of halogens is 1. The molecule has 0 unspecified atom stereocenters. The molecule has 4 nitrogen and oxygen atoms in total. The van der Waals surface area contributed by atoms with E-state index in [0.29, 0.717) is 13.0 Å². The van der Waals surface area contributed by atoms with Gasteiger partial charge in [-0.05, 0) is 56.7 Å². The van der Waals surface area contributed by atoms with E-state index in [1.165, 1.54) is 77.0 Å². The summed E-state index contributed by atoms with van der Waals surface area (Å²) in [5.41, 5.74) is 0.805. The van der Waals surface area contributed by atoms with E-state index in [4.69, 9.17) is 9.47 Å². The van der Waals surface area contributed by atoms with Crippen LogP contribution in [0, 0.1) is 0 Å². The third-order valence-electron chi connectivity index (χ3n) is 7.03. The molecule has 1 rings (SSSR count). The van der Waals surface area contributed by atoms with Crippen molar-refractivity contribution in [1.29, 1.82) is 0 Å². The topological polar surface area (TPSA) is 55.8 Å². The van der Waals surface area contributed by atoms with Crippen LogP contribution in [0.15, 0.2) is 22.7 Å². The summed E-state index contributed by atoms with van der Waals surface area (Å²) < 4.78 is 12.7. The summed E-state index contributed by atoms with van der Waals surface area (Å²) in [4.78, 5) is 12.5. The average Bonchev–Trinajstić information content (AvgIpc) is 2.89. The third kappa shape index (κ3) is 18.8. The van der Waals surface area contributed by atoms with Gasteiger partial charge in [-0.2, -0.15) is 0 Å². The van der Waals surface area contributed by atoms with Gasteiger partial charge >= 0.3 is 5.97 Å². The summed E-state index contributed by atoms with van der Waals surface area (Å²) in [6, 6.07) is 5.72. The molecule has 1 aromatic rings. The van der Waals surface area contributed by atoms with Crippen LogP contribution in [0.3, 0.4) is 0 Å². The number of ether oxygens (including phenoxy) is 2. The van der Waals surface area contributed by atoms with E-state index in [0.717, 1.165) is 60.7 Å². The molecule has 0 aromatic heterocycles. The first-order valence-electron chi connectivity index (χ1n) is 15.3. The summed E-state index contributed by atoms with van der Waals surface area (Å²) in [6.07, 6.45) is 23.2. The van der Waals surface area contributed by atoms with Crippen molar-refractivity contribution in [1.82, 2.24) is 0 Å². The molecule has 0 atom stereocenters. The fraction of sp³-hybridized carbons (Fsp3) is 0.781. The molecule has 0 saturated heterocycles. The Labute approximate surface area is 236 Å². The van der Waals surface area contributed by atoms with Crippen molar-refractivity contribution in [2.75, 3.05) is 6.61 Å². The maximum atomic E-state index is 12.5. The largest absolute Gasteiger partial charge is 0.493 e. The lowest BCUT2D eigenvalue weighted by atomic mass is 10.0. The van der Waals surface area contributed by atoms with Gasteiger partial charge in [0.1, 0.15) is 11.9 Å². The second-order valence-corrected chi connectivity index (χ2v) is 11.4. The number of aliphatic hydroxyl groups excluding tert-OH is 1. The van der Waals surface area contributed by atoms with Crippen LogP contribution in [0.5, 0.6) is 5.75 Å². The second-order valence-electron chi connectivity index (χ2n) is 10.5. The molecule has 0 aliphatic rings. The highest BCUT2D eigenvalue weighted by Crippen LogP contribution is 2.24. The number of rotatable bonds is 25. The Bertz CT molecular complexity index is 663. The van der Waals surface area contributed by atoms with E-state index in [9.17, 15) is 9.90 Å². The minimum absolute atomic E-state index is 0.00271. The highest BCUT2D eigenvalue weighted by Gasteiger charge is 2.14. The minimum Gasteiger partial charge on any atom is -0.493 e. The van der Waals surface area contributed by atoms with Crippen LogP contribution < -0.4 is 4.74 Å². The van der Waals surface area contributed by atoms with E-state index in [2.05, 4.69) is 29.8 Å². The first-order valence-corrected chi connectivity index (χ1v) is 16.1. The molecule has 0 bridgehead atoms. The standard InChI is InChI=1S/C32H55BrO4/c1-3-5-7-9-12-16-20-30(21-17-13-10-8-6-4-2)37-32(35)22-18-14-11-15-19-25-36-31-24-23-29(33)26-28(31)27-34/h23-24,26,30,34H,3-22,25,27H2,1-2H3. The number of carbonyl (C=O) groups excluding carboxylic acids is 1. The zero-order valence-corrected chi connectivity index (χ0v) is 25.5. The SMILES string of the molecule is CCCCCCCCC(CCCCCCCC)OC(=O)CCCCCCCOc1ccc(Br)cc1CO. The van der Waals surface area contributed by atoms with E-state index in [1.54, 1.807) is 0 Å². The third-order valence-corrected chi connectivity index (χ3v) is 7.53. The molecule has 1 aromatic carbocycles. The number of carbonyl (C=O) groups is 1. The smallest absolute Gasteiger partial charge is 0.306 e. The first kappa shape index (κ1) is 34.0. The number of hydrogen-bond donors (Lipinski definition) is 1. The quantitative estimate of drug-likeness (QED) is 0.0919. The summed E-state index contributed by atoms with van der Waals surface area (Å²) in [5.74, 6) is 0.752. The van der Waals surface area contributed by atoms with Gasteiger partial charge in [-0.15, -0.1) is 0 Å². The van der Waals surface area contributed by atoms with Crippen molar-refractivity contribution in [2.45, 2.75) is 155 Å². The number of unbranched alkanes of at least 4 members (excludes halogenated alkanes) is 14. The van der Waals surface area contributed by atoms with Crippen LogP contribution in [-0.2, 0) is 16.1 Å². The van der Waals surface area contributed by atoms with Gasteiger partial charge in [0.05, 0.1) is 13.2 Å². The van der Waals surface area contributed by atoms with Crippen LogP contribution in [0.2, 0.25) is 0 Å². The van der Waals surface area contributed by atoms with Gasteiger partial charge in [0, 0.05) is 16.5 Å². The highest BCUT2D eigenvalue weighted by molar-refractivity contribution is 9.10. The molecule has 0 saturated carbocycles. The molecule has 0 amide bonds. The fourth-order valence-electron chi connectivity index (χ4n) is 4.71. The lowest BCUT2D eigenvalue weighted by molar-refractivity contribution is -0.150. The molecular formula is C32H55BrO4. The Morgan fingerprint density at radius 1 is 0.784 bits per heavy atom. The van der Waals surface area contributed by atoms with Crippen molar-refractivity contribution in [3.63, 3.8) is 0 Å². The Balaban J connectivity index is 2.18. The van der Waals surface area contributed by atoms with Gasteiger partial charge in [-0.1, -0.05) is 113 Å². The summed E-state index contributed by atoms with van der Waals surface area (Å²) >= 11 is 3.42. The molecule has 1 N–H and O–H groups in total. The fourth-order valence-corrected chi connectivity index (χ4v) is 5.12. The number of benzene rings is 1. The number of hydrogen-bond acceptors (Lipinski definition) is 4. The molecule has 0 aliphatic carbocycles. The van der Waals surface area contributed by atoms with Crippen molar-refractivity contribution >= 4 is 21.9 Å². The maximum Gasteiger partial charge on any atom is 0.306 e. The first-order chi connectivity index (χ1) is 18.1. The van der Waals surface area contributed by atoms with Gasteiger partial charge in [-0.3, -0.25) is 4.79 Å². The summed E-state index contributed by atoms with van der Waals surface area (Å²) in [7, 11) is 0. The second kappa shape index (κ2) is 24.0. The summed E-state index contributed by atoms with van der Waals surface area (Å²) in [6.45, 7) is 5.13. The van der Waals surface area contributed by atoms with Gasteiger partial charge in [0.15, 0.2) is 0 Å². The molecule has 0 heterocycles. The van der Waals surface area contributed by atoms with Gasteiger partial charge < -0.3 is 14.6 Å². The Kier molecular flexibility index (Phi) is 22.0. The predicted octanol–water partition coefficient (Wildman–Crippen LogP) is 10.1. The molecule has 0 radical (unpaired) electrons. The van der Waals surface area contributed by atoms with E-state index >= 15 is 0 Å². The molecule has 0 fully saturated rings. The molecule has 5 heteroatoms. The van der Waals surface area contributed by atoms with Crippen LogP contribution >= 0.6 is 15.9 Å². The van der Waals surface area contributed by atoms with Crippen LogP contribution in [0.1, 0.15) is 148 Å². The Hall–Kier alpha value is -1.07. The van der Waals surface area contributed by atoms with Crippen molar-refractivity contribution in [2.24, 2.45) is 0 Å². The highest BCUT2D eigenvalue weighted by atomic mass is 79.9. The Morgan fingerprint density at radius 2 is 1.32 bits per heavy atom. The van der Waals surface area contributed by atoms with Crippen LogP contribution in [0.4, 0.5) is 0 Å². The normalized spacial score (nSPS) is 11.3. The molecule has 0 aliphatic heterocycles. The molecule has 37 heavy (non-hydrogen) atoms. The van der Waals surface area contributed by atoms with Crippen molar-refractivity contribution < 1.29 is 19.4 Å². The van der Waals surface area contributed by atoms with Crippen molar-refractivity contribution in [3.05, 3.63) is 28.2 Å². The van der Waals surface area contributed by atoms with Gasteiger partial charge in [0.2, 0.25) is 0 Å². The van der Waals surface area contributed by atoms with Crippen LogP contribution in [0.25, 0.3) is 0 Å². The van der Waals surface area contributed by atoms with Crippen molar-refractivity contribution in [3.8, 4) is 5.75 Å². The molecule has 214 valence electrons. The minimum atomic E-state index is -0.0242. The van der Waals surface area contributed by atoms with Gasteiger partial charge in [-0.25, -0.2) is 0 Å². The predicted molar refractivity (Wildman–Crippen MR) is 159 cm³/mol. The molecular weight excluding hydrogens is 528 g/mol. The lowest BCUT2D eigenvalue weighted by Gasteiger charge is -2.18. The maximum absolute atomic E-state index is 12.5. The zero-order chi connectivity index (χ0) is 27.0. The van der Waals surface area contributed by atoms with E-state index in [-0.39, 0.29) is 18.7 Å². The zero-order valence-electron chi connectivity index (χ0n) is 23.9. The number of esters is 1. The monoisotopic (exact) mass is 582 g/mol. The van der Waals surface area contributed by atoms with E-state index < -0.39 is 0 Å². The average molecular weight is 584 g/mol. The van der Waals surface area contributed by atoms with Gasteiger partial charge in [0.25, 0.3) is 0 Å². The van der Waals surface area contributed by atoms with E-state index in [1.807, 2.05) is 18.2 Å². The van der Waals surface area contributed by atoms with Crippen LogP contribution in [-0.4, -0.2) is 23.8 Å². The number of aliphatic hydroxyl groups is 1. The lowest BCUT2D eigenvalue weighted by Crippen LogP contribution is -2.18.